The molecule has 1 aromatic carbocycles. The van der Waals surface area contributed by atoms with E-state index in [2.05, 4.69) is 10.3 Å². The van der Waals surface area contributed by atoms with Crippen LogP contribution in [0.25, 0.3) is 10.9 Å². The zero-order chi connectivity index (χ0) is 11.8. The van der Waals surface area contributed by atoms with E-state index in [1.807, 2.05) is 25.1 Å². The maximum atomic E-state index is 12.1. The van der Waals surface area contributed by atoms with Gasteiger partial charge in [-0.2, -0.15) is 0 Å². The summed E-state index contributed by atoms with van der Waals surface area (Å²) in [7, 11) is 0. The lowest BCUT2D eigenvalue weighted by Gasteiger charge is -2.11. The van der Waals surface area contributed by atoms with Crippen LogP contribution in [0.2, 0.25) is 0 Å². The van der Waals surface area contributed by atoms with E-state index in [9.17, 15) is 4.79 Å². The Balaban J connectivity index is 2.17. The van der Waals surface area contributed by atoms with Crippen LogP contribution in [0.15, 0.2) is 29.1 Å². The van der Waals surface area contributed by atoms with Crippen LogP contribution in [0.5, 0.6) is 0 Å². The van der Waals surface area contributed by atoms with Crippen LogP contribution in [-0.4, -0.2) is 11.5 Å². The van der Waals surface area contributed by atoms with Gasteiger partial charge >= 0.3 is 0 Å². The Bertz CT molecular complexity index is 609. The molecule has 3 rings (SSSR count). The molecule has 17 heavy (non-hydrogen) atoms. The number of benzene rings is 1. The molecule has 0 saturated carbocycles. The van der Waals surface area contributed by atoms with Crippen molar-refractivity contribution in [2.45, 2.75) is 25.8 Å². The summed E-state index contributed by atoms with van der Waals surface area (Å²) in [6.45, 7) is 3.05. The lowest BCUT2D eigenvalue weighted by molar-refractivity contribution is 0.630. The molecule has 3 heteroatoms. The van der Waals surface area contributed by atoms with Crippen molar-refractivity contribution in [3.05, 3.63) is 45.7 Å². The summed E-state index contributed by atoms with van der Waals surface area (Å²) in [5.41, 5.74) is 3.19. The van der Waals surface area contributed by atoms with Gasteiger partial charge in [-0.1, -0.05) is 11.6 Å². The molecule has 0 amide bonds. The number of H-pyrrole nitrogens is 1. The summed E-state index contributed by atoms with van der Waals surface area (Å²) in [5.74, 6) is 0. The third-order valence-electron chi connectivity index (χ3n) is 3.44. The topological polar surface area (TPSA) is 44.9 Å². The standard InChI is InChI=1S/C14H16N2O/c1-9-4-5-11-10(7-9)14(17)8-13(16-11)12-3-2-6-15-12/h4-5,7-8,12,15H,2-3,6H2,1H3,(H,16,17)/t12-/m0/s1. The predicted molar refractivity (Wildman–Crippen MR) is 69.3 cm³/mol. The molecule has 0 spiro atoms. The van der Waals surface area contributed by atoms with Crippen LogP contribution >= 0.6 is 0 Å². The van der Waals surface area contributed by atoms with Gasteiger partial charge in [0.2, 0.25) is 0 Å². The van der Waals surface area contributed by atoms with E-state index in [1.54, 1.807) is 6.07 Å². The van der Waals surface area contributed by atoms with E-state index in [1.165, 1.54) is 6.42 Å². The van der Waals surface area contributed by atoms with E-state index in [-0.39, 0.29) is 5.43 Å². The number of hydrogen-bond acceptors (Lipinski definition) is 2. The van der Waals surface area contributed by atoms with Crippen LogP contribution in [0.4, 0.5) is 0 Å². The first-order valence-electron chi connectivity index (χ1n) is 6.11. The minimum Gasteiger partial charge on any atom is -0.357 e. The van der Waals surface area contributed by atoms with Gasteiger partial charge in [0, 0.05) is 28.7 Å². The highest BCUT2D eigenvalue weighted by molar-refractivity contribution is 5.79. The molecule has 1 aromatic heterocycles. The van der Waals surface area contributed by atoms with Gasteiger partial charge in [0.25, 0.3) is 0 Å². The number of aryl methyl sites for hydroxylation is 1. The van der Waals surface area contributed by atoms with Crippen molar-refractivity contribution in [2.75, 3.05) is 6.54 Å². The van der Waals surface area contributed by atoms with Gasteiger partial charge in [-0.25, -0.2) is 0 Å². The molecule has 0 radical (unpaired) electrons. The minimum atomic E-state index is 0.117. The third-order valence-corrected chi connectivity index (χ3v) is 3.44. The predicted octanol–water partition coefficient (Wildman–Crippen LogP) is 2.26. The molecule has 2 heterocycles. The van der Waals surface area contributed by atoms with E-state index in [4.69, 9.17) is 0 Å². The number of rotatable bonds is 1. The van der Waals surface area contributed by atoms with Crippen molar-refractivity contribution in [2.24, 2.45) is 0 Å². The summed E-state index contributed by atoms with van der Waals surface area (Å²) in [5, 5.41) is 4.19. The molecule has 0 aliphatic carbocycles. The van der Waals surface area contributed by atoms with E-state index in [0.29, 0.717) is 6.04 Å². The largest absolute Gasteiger partial charge is 0.357 e. The molecule has 2 N–H and O–H groups in total. The van der Waals surface area contributed by atoms with E-state index in [0.717, 1.165) is 35.1 Å². The second-order valence-corrected chi connectivity index (χ2v) is 4.79. The smallest absolute Gasteiger partial charge is 0.189 e. The van der Waals surface area contributed by atoms with Crippen molar-refractivity contribution in [1.29, 1.82) is 0 Å². The first-order chi connectivity index (χ1) is 8.24. The molecule has 1 aliphatic rings. The zero-order valence-corrected chi connectivity index (χ0v) is 9.92. The Morgan fingerprint density at radius 1 is 1.29 bits per heavy atom. The number of hydrogen-bond donors (Lipinski definition) is 2. The molecule has 2 aromatic rings. The molecule has 88 valence electrons. The van der Waals surface area contributed by atoms with Crippen LogP contribution < -0.4 is 10.7 Å². The second kappa shape index (κ2) is 4.00. The Labute approximate surface area is 99.9 Å². The van der Waals surface area contributed by atoms with Crippen molar-refractivity contribution in [3.8, 4) is 0 Å². The molecule has 1 saturated heterocycles. The number of aromatic amines is 1. The zero-order valence-electron chi connectivity index (χ0n) is 9.92. The van der Waals surface area contributed by atoms with Crippen LogP contribution in [0.3, 0.4) is 0 Å². The number of pyridine rings is 1. The molecule has 1 aliphatic heterocycles. The fraction of sp³-hybridized carbons (Fsp3) is 0.357. The SMILES string of the molecule is Cc1ccc2[nH]c([C@@H]3CCCN3)cc(=O)c2c1. The summed E-state index contributed by atoms with van der Waals surface area (Å²) in [6.07, 6.45) is 2.28. The highest BCUT2D eigenvalue weighted by Gasteiger charge is 2.17. The minimum absolute atomic E-state index is 0.117. The molecule has 3 nitrogen and oxygen atoms in total. The van der Waals surface area contributed by atoms with Crippen LogP contribution in [-0.2, 0) is 0 Å². The van der Waals surface area contributed by atoms with Crippen LogP contribution in [0, 0.1) is 6.92 Å². The maximum Gasteiger partial charge on any atom is 0.189 e. The fourth-order valence-corrected chi connectivity index (χ4v) is 2.52. The van der Waals surface area contributed by atoms with Crippen molar-refractivity contribution in [1.82, 2.24) is 10.3 Å². The van der Waals surface area contributed by atoms with Gasteiger partial charge in [0.1, 0.15) is 0 Å². The van der Waals surface area contributed by atoms with Crippen molar-refractivity contribution < 1.29 is 0 Å². The van der Waals surface area contributed by atoms with E-state index >= 15 is 0 Å². The van der Waals surface area contributed by atoms with Gasteiger partial charge in [-0.3, -0.25) is 4.79 Å². The first kappa shape index (κ1) is 10.5. The molecular weight excluding hydrogens is 212 g/mol. The Morgan fingerprint density at radius 3 is 2.94 bits per heavy atom. The normalized spacial score (nSPS) is 19.9. The fourth-order valence-electron chi connectivity index (χ4n) is 2.52. The average Bonchev–Trinajstić information content (AvgIpc) is 2.83. The molecular formula is C14H16N2O. The molecule has 0 bridgehead atoms. The van der Waals surface area contributed by atoms with Gasteiger partial charge in [-0.05, 0) is 38.4 Å². The van der Waals surface area contributed by atoms with Crippen molar-refractivity contribution in [3.63, 3.8) is 0 Å². The molecule has 1 atom stereocenters. The number of nitrogens with one attached hydrogen (secondary N) is 2. The maximum absolute atomic E-state index is 12.1. The van der Waals surface area contributed by atoms with Crippen LogP contribution in [0.1, 0.15) is 30.1 Å². The Morgan fingerprint density at radius 2 is 2.18 bits per heavy atom. The van der Waals surface area contributed by atoms with Crippen molar-refractivity contribution >= 4 is 10.9 Å². The van der Waals surface area contributed by atoms with Gasteiger partial charge in [0.05, 0.1) is 0 Å². The second-order valence-electron chi connectivity index (χ2n) is 4.79. The summed E-state index contributed by atoms with van der Waals surface area (Å²) in [4.78, 5) is 15.4. The Hall–Kier alpha value is -1.61. The summed E-state index contributed by atoms with van der Waals surface area (Å²) >= 11 is 0. The first-order valence-corrected chi connectivity index (χ1v) is 6.11. The summed E-state index contributed by atoms with van der Waals surface area (Å²) < 4.78 is 0. The highest BCUT2D eigenvalue weighted by atomic mass is 16.1. The van der Waals surface area contributed by atoms with Gasteiger partial charge < -0.3 is 10.3 Å². The third kappa shape index (κ3) is 1.87. The quantitative estimate of drug-likeness (QED) is 0.786. The molecule has 1 fully saturated rings. The monoisotopic (exact) mass is 228 g/mol. The van der Waals surface area contributed by atoms with Gasteiger partial charge in [0.15, 0.2) is 5.43 Å². The van der Waals surface area contributed by atoms with Gasteiger partial charge in [-0.15, -0.1) is 0 Å². The lowest BCUT2D eigenvalue weighted by atomic mass is 10.1. The average molecular weight is 228 g/mol. The lowest BCUT2D eigenvalue weighted by Crippen LogP contribution is -2.17. The molecule has 0 unspecified atom stereocenters. The Kier molecular flexibility index (Phi) is 2.48. The summed E-state index contributed by atoms with van der Waals surface area (Å²) in [6, 6.07) is 8.02. The highest BCUT2D eigenvalue weighted by Crippen LogP contribution is 2.22. The number of fused-ring (bicyclic) bond motifs is 1. The number of aromatic nitrogens is 1. The van der Waals surface area contributed by atoms with E-state index < -0.39 is 0 Å².